The number of fused-ring (bicyclic) bond motifs is 1. The van der Waals surface area contributed by atoms with Crippen molar-refractivity contribution < 1.29 is 9.90 Å². The third kappa shape index (κ3) is 3.42. The van der Waals surface area contributed by atoms with E-state index in [1.165, 1.54) is 38.5 Å². The summed E-state index contributed by atoms with van der Waals surface area (Å²) in [6, 6.07) is 1.04. The minimum absolute atomic E-state index is 0.0312. The molecule has 2 saturated carbocycles. The third-order valence-electron chi connectivity index (χ3n) is 5.80. The summed E-state index contributed by atoms with van der Waals surface area (Å²) in [7, 11) is 0. The van der Waals surface area contributed by atoms with Crippen LogP contribution in [0.25, 0.3) is 0 Å². The number of piperidine rings is 1. The largest absolute Gasteiger partial charge is 0.396 e. The minimum Gasteiger partial charge on any atom is -0.396 e. The van der Waals surface area contributed by atoms with Crippen LogP contribution in [0.2, 0.25) is 0 Å². The van der Waals surface area contributed by atoms with Gasteiger partial charge < -0.3 is 15.3 Å². The van der Waals surface area contributed by atoms with Crippen molar-refractivity contribution >= 4 is 5.91 Å². The van der Waals surface area contributed by atoms with Gasteiger partial charge in [-0.05, 0) is 57.3 Å². The van der Waals surface area contributed by atoms with Crippen LogP contribution in [0.5, 0.6) is 0 Å². The van der Waals surface area contributed by atoms with E-state index < -0.39 is 0 Å². The zero-order valence-electron chi connectivity index (χ0n) is 13.1. The van der Waals surface area contributed by atoms with E-state index in [2.05, 4.69) is 10.2 Å². The van der Waals surface area contributed by atoms with E-state index in [0.29, 0.717) is 24.4 Å². The molecule has 4 nitrogen and oxygen atoms in total. The molecule has 3 unspecified atom stereocenters. The van der Waals surface area contributed by atoms with Gasteiger partial charge in [0.1, 0.15) is 0 Å². The van der Waals surface area contributed by atoms with E-state index >= 15 is 0 Å². The van der Waals surface area contributed by atoms with Crippen molar-refractivity contribution in [2.75, 3.05) is 13.2 Å². The van der Waals surface area contributed by atoms with Crippen LogP contribution >= 0.6 is 0 Å². The molecule has 0 aromatic rings. The zero-order chi connectivity index (χ0) is 14.7. The van der Waals surface area contributed by atoms with Gasteiger partial charge in [-0.15, -0.1) is 0 Å². The summed E-state index contributed by atoms with van der Waals surface area (Å²) in [6.45, 7) is 0.908. The predicted octanol–water partition coefficient (Wildman–Crippen LogP) is 2.06. The Labute approximate surface area is 128 Å². The molecule has 0 bridgehead atoms. The lowest BCUT2D eigenvalue weighted by Gasteiger charge is -2.44. The molecule has 0 radical (unpaired) electrons. The summed E-state index contributed by atoms with van der Waals surface area (Å²) in [5.74, 6) is 1.11. The Kier molecular flexibility index (Phi) is 5.17. The molecule has 1 aliphatic heterocycles. The van der Waals surface area contributed by atoms with Crippen LogP contribution in [0.1, 0.15) is 64.2 Å². The molecule has 3 atom stereocenters. The fraction of sp³-hybridized carbons (Fsp3) is 0.941. The maximum absolute atomic E-state index is 12.9. The van der Waals surface area contributed by atoms with Crippen LogP contribution in [-0.4, -0.2) is 47.2 Å². The number of hydrogen-bond donors (Lipinski definition) is 2. The lowest BCUT2D eigenvalue weighted by atomic mass is 9.77. The lowest BCUT2D eigenvalue weighted by molar-refractivity contribution is -0.139. The van der Waals surface area contributed by atoms with Gasteiger partial charge in [-0.3, -0.25) is 4.79 Å². The van der Waals surface area contributed by atoms with Gasteiger partial charge >= 0.3 is 0 Å². The van der Waals surface area contributed by atoms with Crippen molar-refractivity contribution in [3.63, 3.8) is 0 Å². The number of aliphatic hydroxyl groups is 1. The molecular weight excluding hydrogens is 264 g/mol. The summed E-state index contributed by atoms with van der Waals surface area (Å²) in [6.07, 6.45) is 11.7. The highest BCUT2D eigenvalue weighted by molar-refractivity contribution is 5.82. The maximum atomic E-state index is 12.9. The molecule has 21 heavy (non-hydrogen) atoms. The topological polar surface area (TPSA) is 52.6 Å². The number of nitrogens with one attached hydrogen (secondary N) is 1. The number of amides is 1. The van der Waals surface area contributed by atoms with Crippen molar-refractivity contribution in [1.29, 1.82) is 0 Å². The van der Waals surface area contributed by atoms with E-state index in [1.54, 1.807) is 0 Å². The molecule has 4 heteroatoms. The van der Waals surface area contributed by atoms with Gasteiger partial charge in [-0.2, -0.15) is 0 Å². The molecular formula is C17H30N2O2. The minimum atomic E-state index is 0.0312. The Hall–Kier alpha value is -0.610. The molecule has 3 aliphatic rings. The number of nitrogens with zero attached hydrogens (tertiary/aromatic N) is 1. The Morgan fingerprint density at radius 1 is 1.05 bits per heavy atom. The van der Waals surface area contributed by atoms with Crippen LogP contribution < -0.4 is 5.32 Å². The first kappa shape index (κ1) is 15.3. The van der Waals surface area contributed by atoms with Gasteiger partial charge in [0.05, 0.1) is 6.04 Å². The molecule has 3 fully saturated rings. The molecule has 2 aliphatic carbocycles. The fourth-order valence-electron chi connectivity index (χ4n) is 4.30. The smallest absolute Gasteiger partial charge is 0.239 e. The number of aliphatic hydroxyl groups excluding tert-OH is 1. The molecule has 1 amide bonds. The van der Waals surface area contributed by atoms with Gasteiger partial charge in [0.15, 0.2) is 0 Å². The maximum Gasteiger partial charge on any atom is 0.239 e. The summed E-state index contributed by atoms with van der Waals surface area (Å²) >= 11 is 0. The van der Waals surface area contributed by atoms with Crippen LogP contribution in [0, 0.1) is 5.92 Å². The highest BCUT2D eigenvalue weighted by atomic mass is 16.3. The molecule has 2 N–H and O–H groups in total. The van der Waals surface area contributed by atoms with Gasteiger partial charge in [-0.1, -0.05) is 12.8 Å². The highest BCUT2D eigenvalue weighted by Gasteiger charge is 2.38. The van der Waals surface area contributed by atoms with Gasteiger partial charge in [0, 0.05) is 25.2 Å². The molecule has 0 spiro atoms. The van der Waals surface area contributed by atoms with Gasteiger partial charge in [0.25, 0.3) is 0 Å². The van der Waals surface area contributed by atoms with Crippen molar-refractivity contribution in [3.8, 4) is 0 Å². The van der Waals surface area contributed by atoms with E-state index in [1.807, 2.05) is 0 Å². The molecule has 1 heterocycles. The SMILES string of the molecule is O=C(C1CCC2CCCCC2N1)N(CCCO)C1CCC1. The molecule has 120 valence electrons. The van der Waals surface area contributed by atoms with Crippen LogP contribution in [-0.2, 0) is 4.79 Å². The van der Waals surface area contributed by atoms with Crippen molar-refractivity contribution in [2.45, 2.75) is 82.3 Å². The zero-order valence-corrected chi connectivity index (χ0v) is 13.1. The normalized spacial score (nSPS) is 33.1. The van der Waals surface area contributed by atoms with Crippen molar-refractivity contribution in [3.05, 3.63) is 0 Å². The van der Waals surface area contributed by atoms with E-state index in [9.17, 15) is 4.79 Å². The second-order valence-electron chi connectivity index (χ2n) is 7.14. The molecule has 3 rings (SSSR count). The standard InChI is InChI=1S/C17H30N2O2/c20-12-4-11-19(14-6-3-7-14)17(21)16-10-9-13-5-1-2-8-15(13)18-16/h13-16,18,20H,1-12H2. The fourth-order valence-corrected chi connectivity index (χ4v) is 4.30. The highest BCUT2D eigenvalue weighted by Crippen LogP contribution is 2.33. The lowest BCUT2D eigenvalue weighted by Crippen LogP contribution is -2.58. The first-order valence-electron chi connectivity index (χ1n) is 8.97. The van der Waals surface area contributed by atoms with E-state index in [4.69, 9.17) is 5.11 Å². The summed E-state index contributed by atoms with van der Waals surface area (Å²) < 4.78 is 0. The van der Waals surface area contributed by atoms with Crippen LogP contribution in [0.3, 0.4) is 0 Å². The first-order valence-corrected chi connectivity index (χ1v) is 8.97. The summed E-state index contributed by atoms with van der Waals surface area (Å²) in [4.78, 5) is 15.0. The molecule has 0 aromatic carbocycles. The Morgan fingerprint density at radius 3 is 2.57 bits per heavy atom. The Morgan fingerprint density at radius 2 is 1.86 bits per heavy atom. The Balaban J connectivity index is 1.59. The van der Waals surface area contributed by atoms with E-state index in [-0.39, 0.29) is 12.6 Å². The average Bonchev–Trinajstić information content (AvgIpc) is 2.48. The quantitative estimate of drug-likeness (QED) is 0.816. The van der Waals surface area contributed by atoms with Gasteiger partial charge in [-0.25, -0.2) is 0 Å². The number of hydrogen-bond acceptors (Lipinski definition) is 3. The first-order chi connectivity index (χ1) is 10.3. The number of carbonyl (C=O) groups excluding carboxylic acids is 1. The second-order valence-corrected chi connectivity index (χ2v) is 7.14. The summed E-state index contributed by atoms with van der Waals surface area (Å²) in [5, 5.41) is 12.7. The number of rotatable bonds is 5. The van der Waals surface area contributed by atoms with Gasteiger partial charge in [0.2, 0.25) is 5.91 Å². The average molecular weight is 294 g/mol. The third-order valence-corrected chi connectivity index (χ3v) is 5.80. The number of carbonyl (C=O) groups is 1. The Bertz CT molecular complexity index is 357. The van der Waals surface area contributed by atoms with Crippen LogP contribution in [0.15, 0.2) is 0 Å². The predicted molar refractivity (Wildman–Crippen MR) is 83.0 cm³/mol. The monoisotopic (exact) mass is 294 g/mol. The molecule has 1 saturated heterocycles. The van der Waals surface area contributed by atoms with Crippen molar-refractivity contribution in [1.82, 2.24) is 10.2 Å². The van der Waals surface area contributed by atoms with Crippen LogP contribution in [0.4, 0.5) is 0 Å². The van der Waals surface area contributed by atoms with E-state index in [0.717, 1.165) is 31.7 Å². The second kappa shape index (κ2) is 7.10. The summed E-state index contributed by atoms with van der Waals surface area (Å²) in [5.41, 5.74) is 0. The molecule has 0 aromatic heterocycles. The van der Waals surface area contributed by atoms with Crippen molar-refractivity contribution in [2.24, 2.45) is 5.92 Å².